The highest BCUT2D eigenvalue weighted by atomic mass is 32.2. The van der Waals surface area contributed by atoms with Crippen LogP contribution in [0, 0.1) is 0 Å². The molecule has 1 aromatic carbocycles. The van der Waals surface area contributed by atoms with Gasteiger partial charge in [0.25, 0.3) is 5.91 Å². The Balaban J connectivity index is 2.23. The third-order valence-electron chi connectivity index (χ3n) is 3.21. The van der Waals surface area contributed by atoms with Crippen LogP contribution in [0.4, 0.5) is 0 Å². The van der Waals surface area contributed by atoms with E-state index in [0.29, 0.717) is 11.7 Å². The van der Waals surface area contributed by atoms with Crippen molar-refractivity contribution >= 4 is 23.6 Å². The third kappa shape index (κ3) is 4.05. The lowest BCUT2D eigenvalue weighted by molar-refractivity contribution is -0.128. The van der Waals surface area contributed by atoms with E-state index >= 15 is 0 Å². The highest BCUT2D eigenvalue weighted by molar-refractivity contribution is 7.98. The van der Waals surface area contributed by atoms with Gasteiger partial charge in [0.15, 0.2) is 17.0 Å². The Labute approximate surface area is 144 Å². The summed E-state index contributed by atoms with van der Waals surface area (Å²) in [5.41, 5.74) is 1.07. The Bertz CT molecular complexity index is 728. The van der Waals surface area contributed by atoms with Crippen LogP contribution in [-0.2, 0) is 9.53 Å². The Hall–Kier alpha value is -2.54. The molecule has 2 aromatic rings. The molecule has 0 fully saturated rings. The summed E-state index contributed by atoms with van der Waals surface area (Å²) in [4.78, 5) is 28.5. The molecule has 1 unspecified atom stereocenters. The zero-order valence-corrected chi connectivity index (χ0v) is 14.4. The van der Waals surface area contributed by atoms with Crippen LogP contribution in [0.25, 0.3) is 5.69 Å². The Kier molecular flexibility index (Phi) is 6.20. The molecule has 1 heterocycles. The number of para-hydroxylation sites is 1. The number of hydrogen-bond donors (Lipinski definition) is 1. The monoisotopic (exact) mass is 345 g/mol. The van der Waals surface area contributed by atoms with Crippen LogP contribution in [0.5, 0.6) is 0 Å². The number of rotatable bonds is 7. The summed E-state index contributed by atoms with van der Waals surface area (Å²) in [6.07, 6.45) is 3.98. The molecule has 0 bridgehead atoms. The molecule has 1 aromatic heterocycles. The average molecular weight is 345 g/mol. The van der Waals surface area contributed by atoms with E-state index in [2.05, 4.69) is 16.9 Å². The molecule has 0 aliphatic heterocycles. The minimum absolute atomic E-state index is 0.272. The third-order valence-corrected chi connectivity index (χ3v) is 3.86. The number of aromatic nitrogens is 2. The number of amides is 1. The van der Waals surface area contributed by atoms with Crippen LogP contribution in [0.1, 0.15) is 17.4 Å². The SMILES string of the molecule is C=CCNC(=O)C(C)OC(=O)c1cnc(SC)n1-c1ccccc1. The lowest BCUT2D eigenvalue weighted by Crippen LogP contribution is -2.36. The highest BCUT2D eigenvalue weighted by Crippen LogP contribution is 2.22. The van der Waals surface area contributed by atoms with Crippen molar-refractivity contribution in [2.24, 2.45) is 0 Å². The first kappa shape index (κ1) is 17.8. The molecule has 0 saturated carbocycles. The van der Waals surface area contributed by atoms with Crippen molar-refractivity contribution in [2.45, 2.75) is 18.2 Å². The van der Waals surface area contributed by atoms with Crippen molar-refractivity contribution in [3.8, 4) is 5.69 Å². The number of thioether (sulfide) groups is 1. The molecular formula is C17H19N3O3S. The first-order chi connectivity index (χ1) is 11.6. The van der Waals surface area contributed by atoms with E-state index < -0.39 is 12.1 Å². The summed E-state index contributed by atoms with van der Waals surface area (Å²) in [6, 6.07) is 9.39. The van der Waals surface area contributed by atoms with Gasteiger partial charge in [-0.3, -0.25) is 9.36 Å². The molecule has 0 aliphatic rings. The van der Waals surface area contributed by atoms with E-state index in [-0.39, 0.29) is 11.6 Å². The smallest absolute Gasteiger partial charge is 0.357 e. The predicted octanol–water partition coefficient (Wildman–Crippen LogP) is 2.44. The second kappa shape index (κ2) is 8.35. The van der Waals surface area contributed by atoms with E-state index in [9.17, 15) is 9.59 Å². The Morgan fingerprint density at radius 3 is 2.75 bits per heavy atom. The maximum absolute atomic E-state index is 12.5. The zero-order chi connectivity index (χ0) is 17.5. The van der Waals surface area contributed by atoms with Gasteiger partial charge < -0.3 is 10.1 Å². The molecule has 126 valence electrons. The van der Waals surface area contributed by atoms with Crippen molar-refractivity contribution in [1.29, 1.82) is 0 Å². The minimum atomic E-state index is -0.908. The summed E-state index contributed by atoms with van der Waals surface area (Å²) < 4.78 is 6.97. The molecule has 0 aliphatic carbocycles. The van der Waals surface area contributed by atoms with Crippen LogP contribution in [-0.4, -0.2) is 40.3 Å². The van der Waals surface area contributed by atoms with E-state index in [4.69, 9.17) is 4.74 Å². The number of nitrogens with zero attached hydrogens (tertiary/aromatic N) is 2. The Morgan fingerprint density at radius 2 is 2.12 bits per heavy atom. The van der Waals surface area contributed by atoms with Gasteiger partial charge in [-0.05, 0) is 25.3 Å². The van der Waals surface area contributed by atoms with Gasteiger partial charge in [0.1, 0.15) is 0 Å². The predicted molar refractivity (Wildman–Crippen MR) is 93.4 cm³/mol. The fraction of sp³-hybridized carbons (Fsp3) is 0.235. The number of hydrogen-bond acceptors (Lipinski definition) is 5. The van der Waals surface area contributed by atoms with Gasteiger partial charge in [0, 0.05) is 12.2 Å². The largest absolute Gasteiger partial charge is 0.448 e. The van der Waals surface area contributed by atoms with Crippen LogP contribution < -0.4 is 5.32 Å². The second-order valence-corrected chi connectivity index (χ2v) is 5.66. The number of carbonyl (C=O) groups is 2. The van der Waals surface area contributed by atoms with Gasteiger partial charge in [-0.1, -0.05) is 36.0 Å². The normalized spacial score (nSPS) is 11.6. The van der Waals surface area contributed by atoms with Crippen LogP contribution in [0.3, 0.4) is 0 Å². The van der Waals surface area contributed by atoms with Gasteiger partial charge >= 0.3 is 5.97 Å². The quantitative estimate of drug-likeness (QED) is 0.474. The van der Waals surface area contributed by atoms with Crippen molar-refractivity contribution in [1.82, 2.24) is 14.9 Å². The van der Waals surface area contributed by atoms with Crippen molar-refractivity contribution in [2.75, 3.05) is 12.8 Å². The van der Waals surface area contributed by atoms with E-state index in [0.717, 1.165) is 5.69 Å². The molecule has 0 radical (unpaired) electrons. The van der Waals surface area contributed by atoms with Crippen molar-refractivity contribution in [3.63, 3.8) is 0 Å². The number of nitrogens with one attached hydrogen (secondary N) is 1. The molecule has 0 spiro atoms. The molecule has 6 nitrogen and oxygen atoms in total. The summed E-state index contributed by atoms with van der Waals surface area (Å²) in [5.74, 6) is -0.980. The number of esters is 1. The number of ether oxygens (including phenoxy) is 1. The van der Waals surface area contributed by atoms with Crippen LogP contribution >= 0.6 is 11.8 Å². The van der Waals surface area contributed by atoms with Gasteiger partial charge in [-0.15, -0.1) is 6.58 Å². The maximum atomic E-state index is 12.5. The van der Waals surface area contributed by atoms with E-state index in [1.807, 2.05) is 36.6 Å². The zero-order valence-electron chi connectivity index (χ0n) is 13.6. The summed E-state index contributed by atoms with van der Waals surface area (Å²) >= 11 is 1.42. The fourth-order valence-electron chi connectivity index (χ4n) is 2.04. The lowest BCUT2D eigenvalue weighted by Gasteiger charge is -2.14. The summed E-state index contributed by atoms with van der Waals surface area (Å²) in [7, 11) is 0. The van der Waals surface area contributed by atoms with Gasteiger partial charge in [0.2, 0.25) is 0 Å². The number of imidazole rings is 1. The molecule has 1 atom stereocenters. The molecule has 1 N–H and O–H groups in total. The standard InChI is InChI=1S/C17H19N3O3S/c1-4-10-18-15(21)12(2)23-16(22)14-11-19-17(24-3)20(14)13-8-6-5-7-9-13/h4-9,11-12H,1,10H2,2-3H3,(H,18,21). The van der Waals surface area contributed by atoms with Gasteiger partial charge in [0.05, 0.1) is 6.20 Å². The van der Waals surface area contributed by atoms with E-state index in [1.54, 1.807) is 10.6 Å². The molecule has 1 amide bonds. The lowest BCUT2D eigenvalue weighted by atomic mass is 10.3. The molecule has 24 heavy (non-hydrogen) atoms. The second-order valence-electron chi connectivity index (χ2n) is 4.88. The van der Waals surface area contributed by atoms with E-state index in [1.165, 1.54) is 24.9 Å². The summed E-state index contributed by atoms with van der Waals surface area (Å²) in [5, 5.41) is 3.25. The fourth-order valence-corrected chi connectivity index (χ4v) is 2.58. The van der Waals surface area contributed by atoms with Crippen molar-refractivity contribution < 1.29 is 14.3 Å². The van der Waals surface area contributed by atoms with Gasteiger partial charge in [-0.2, -0.15) is 0 Å². The molecule has 2 rings (SSSR count). The van der Waals surface area contributed by atoms with Crippen LogP contribution in [0.15, 0.2) is 54.3 Å². The maximum Gasteiger partial charge on any atom is 0.357 e. The van der Waals surface area contributed by atoms with Crippen LogP contribution in [0.2, 0.25) is 0 Å². The molecular weight excluding hydrogens is 326 g/mol. The minimum Gasteiger partial charge on any atom is -0.448 e. The van der Waals surface area contributed by atoms with Crippen molar-refractivity contribution in [3.05, 3.63) is 54.9 Å². The Morgan fingerprint density at radius 1 is 1.42 bits per heavy atom. The highest BCUT2D eigenvalue weighted by Gasteiger charge is 2.23. The van der Waals surface area contributed by atoms with Gasteiger partial charge in [-0.25, -0.2) is 9.78 Å². The summed E-state index contributed by atoms with van der Waals surface area (Å²) in [6.45, 7) is 5.36. The number of carbonyl (C=O) groups excluding carboxylic acids is 2. The average Bonchev–Trinajstić information content (AvgIpc) is 3.04. The number of benzene rings is 1. The molecule has 7 heteroatoms. The first-order valence-corrected chi connectivity index (χ1v) is 8.57. The molecule has 0 saturated heterocycles. The first-order valence-electron chi connectivity index (χ1n) is 7.35. The topological polar surface area (TPSA) is 73.2 Å².